The molecule has 0 saturated heterocycles. The zero-order valence-electron chi connectivity index (χ0n) is 31.7. The molecule has 0 spiro atoms. The van der Waals surface area contributed by atoms with Gasteiger partial charge >= 0.3 is 5.97 Å². The number of rotatable bonds is 24. The van der Waals surface area contributed by atoms with Gasteiger partial charge in [0, 0.05) is 6.42 Å². The van der Waals surface area contributed by atoms with Crippen LogP contribution >= 0.6 is 0 Å². The molecule has 0 bridgehead atoms. The summed E-state index contributed by atoms with van der Waals surface area (Å²) in [5.41, 5.74) is 7.26. The van der Waals surface area contributed by atoms with Crippen LogP contribution in [-0.2, 0) is 19.2 Å². The van der Waals surface area contributed by atoms with Crippen molar-refractivity contribution in [1.82, 2.24) is 10.2 Å². The molecular formula is C42H65N3O5. The predicted molar refractivity (Wildman–Crippen MR) is 205 cm³/mol. The molecule has 2 aromatic rings. The minimum Gasteiger partial charge on any atom is -0.480 e. The van der Waals surface area contributed by atoms with E-state index in [1.807, 2.05) is 32.0 Å². The van der Waals surface area contributed by atoms with Gasteiger partial charge in [-0.15, -0.1) is 0 Å². The second kappa shape index (κ2) is 23.0. The smallest absolute Gasteiger partial charge is 0.327 e. The number of fused-ring (bicyclic) bond motifs is 1. The zero-order valence-corrected chi connectivity index (χ0v) is 31.7. The summed E-state index contributed by atoms with van der Waals surface area (Å²) in [7, 11) is 0. The van der Waals surface area contributed by atoms with E-state index in [9.17, 15) is 24.3 Å². The number of allylic oxidation sites excluding steroid dienone is 2. The molecule has 50 heavy (non-hydrogen) atoms. The van der Waals surface area contributed by atoms with Crippen molar-refractivity contribution in [2.75, 3.05) is 0 Å². The summed E-state index contributed by atoms with van der Waals surface area (Å²) >= 11 is 0. The molecule has 8 nitrogen and oxygen atoms in total. The summed E-state index contributed by atoms with van der Waals surface area (Å²) in [6.45, 7) is 10.8. The molecule has 4 N–H and O–H groups in total. The average molecular weight is 692 g/mol. The van der Waals surface area contributed by atoms with E-state index in [0.29, 0.717) is 6.42 Å². The molecule has 0 radical (unpaired) electrons. The SMILES string of the molecule is CCCCCCCC/C=C\CCCCCC(CC(=O)NC(C)C(=O)N(C(=O)C(N)CC(C)C)C(C(=O)O)C(C)C)c1cccc2ccccc12. The lowest BCUT2D eigenvalue weighted by Crippen LogP contribution is -2.60. The van der Waals surface area contributed by atoms with Crippen LogP contribution in [0.25, 0.3) is 10.8 Å². The number of hydrogen-bond acceptors (Lipinski definition) is 5. The Morgan fingerprint density at radius 3 is 2.02 bits per heavy atom. The van der Waals surface area contributed by atoms with Crippen LogP contribution in [0.2, 0.25) is 0 Å². The van der Waals surface area contributed by atoms with Crippen LogP contribution in [0.1, 0.15) is 143 Å². The van der Waals surface area contributed by atoms with Crippen molar-refractivity contribution >= 4 is 34.5 Å². The van der Waals surface area contributed by atoms with Gasteiger partial charge in [0.25, 0.3) is 5.91 Å². The van der Waals surface area contributed by atoms with E-state index in [1.54, 1.807) is 13.8 Å². The summed E-state index contributed by atoms with van der Waals surface area (Å²) in [5, 5.41) is 15.0. The third-order valence-electron chi connectivity index (χ3n) is 9.44. The maximum absolute atomic E-state index is 13.8. The molecule has 0 heterocycles. The molecule has 4 unspecified atom stereocenters. The van der Waals surface area contributed by atoms with E-state index in [-0.39, 0.29) is 24.2 Å². The third kappa shape index (κ3) is 14.4. The van der Waals surface area contributed by atoms with Gasteiger partial charge in [-0.2, -0.15) is 0 Å². The molecule has 0 fully saturated rings. The molecule has 278 valence electrons. The fourth-order valence-electron chi connectivity index (χ4n) is 6.74. The van der Waals surface area contributed by atoms with E-state index >= 15 is 0 Å². The molecule has 3 amide bonds. The molecule has 0 aliphatic carbocycles. The van der Waals surface area contributed by atoms with E-state index in [1.165, 1.54) is 45.4 Å². The topological polar surface area (TPSA) is 130 Å². The summed E-state index contributed by atoms with van der Waals surface area (Å²) in [5.74, 6) is -3.68. The van der Waals surface area contributed by atoms with E-state index in [2.05, 4.69) is 48.7 Å². The predicted octanol–water partition coefficient (Wildman–Crippen LogP) is 8.91. The van der Waals surface area contributed by atoms with Crippen molar-refractivity contribution in [2.45, 2.75) is 155 Å². The minimum absolute atomic E-state index is 0.0720. The average Bonchev–Trinajstić information content (AvgIpc) is 3.07. The highest BCUT2D eigenvalue weighted by atomic mass is 16.4. The van der Waals surface area contributed by atoms with Crippen LogP contribution in [0.15, 0.2) is 54.6 Å². The van der Waals surface area contributed by atoms with Gasteiger partial charge in [-0.3, -0.25) is 19.3 Å². The number of aliphatic carboxylic acids is 1. The summed E-state index contributed by atoms with van der Waals surface area (Å²) in [4.78, 5) is 53.9. The van der Waals surface area contributed by atoms with Crippen LogP contribution in [0, 0.1) is 11.8 Å². The van der Waals surface area contributed by atoms with Gasteiger partial charge in [-0.05, 0) is 79.5 Å². The summed E-state index contributed by atoms with van der Waals surface area (Å²) < 4.78 is 0. The minimum atomic E-state index is -1.40. The number of benzene rings is 2. The van der Waals surface area contributed by atoms with Crippen LogP contribution in [0.3, 0.4) is 0 Å². The Morgan fingerprint density at radius 2 is 1.40 bits per heavy atom. The van der Waals surface area contributed by atoms with Gasteiger partial charge in [0.2, 0.25) is 11.8 Å². The lowest BCUT2D eigenvalue weighted by molar-refractivity contribution is -0.161. The number of amides is 3. The van der Waals surface area contributed by atoms with Crippen LogP contribution in [0.4, 0.5) is 0 Å². The Bertz CT molecular complexity index is 1360. The van der Waals surface area contributed by atoms with Gasteiger partial charge in [0.05, 0.1) is 6.04 Å². The normalized spacial score (nSPS) is 14.2. The second-order valence-corrected chi connectivity index (χ2v) is 14.7. The first-order valence-electron chi connectivity index (χ1n) is 19.2. The van der Waals surface area contributed by atoms with Gasteiger partial charge in [0.1, 0.15) is 12.1 Å². The maximum Gasteiger partial charge on any atom is 0.327 e. The Morgan fingerprint density at radius 1 is 0.800 bits per heavy atom. The highest BCUT2D eigenvalue weighted by molar-refractivity contribution is 6.04. The van der Waals surface area contributed by atoms with Crippen LogP contribution in [0.5, 0.6) is 0 Å². The Hall–Kier alpha value is -3.52. The van der Waals surface area contributed by atoms with Crippen molar-refractivity contribution < 1.29 is 24.3 Å². The van der Waals surface area contributed by atoms with Crippen molar-refractivity contribution in [3.05, 3.63) is 60.2 Å². The number of imide groups is 1. The number of carbonyl (C=O) groups is 4. The number of carbonyl (C=O) groups excluding carboxylic acids is 3. The molecule has 2 aromatic carbocycles. The fourth-order valence-corrected chi connectivity index (χ4v) is 6.74. The van der Waals surface area contributed by atoms with Crippen molar-refractivity contribution in [3.8, 4) is 0 Å². The molecular weight excluding hydrogens is 626 g/mol. The van der Waals surface area contributed by atoms with Gasteiger partial charge in [-0.25, -0.2) is 4.79 Å². The zero-order chi connectivity index (χ0) is 37.1. The first kappa shape index (κ1) is 42.6. The summed E-state index contributed by atoms with van der Waals surface area (Å²) in [6.07, 6.45) is 19.1. The van der Waals surface area contributed by atoms with Crippen LogP contribution < -0.4 is 11.1 Å². The molecule has 0 aromatic heterocycles. The van der Waals surface area contributed by atoms with Crippen molar-refractivity contribution in [2.24, 2.45) is 17.6 Å². The van der Waals surface area contributed by atoms with E-state index < -0.39 is 41.8 Å². The molecule has 8 heteroatoms. The van der Waals surface area contributed by atoms with E-state index in [0.717, 1.165) is 59.8 Å². The number of nitrogens with zero attached hydrogens (tertiary/aromatic N) is 1. The Kier molecular flexibility index (Phi) is 19.7. The number of unbranched alkanes of at least 4 members (excludes halogenated alkanes) is 9. The lowest BCUT2D eigenvalue weighted by Gasteiger charge is -2.34. The highest BCUT2D eigenvalue weighted by Crippen LogP contribution is 2.32. The van der Waals surface area contributed by atoms with E-state index in [4.69, 9.17) is 5.73 Å². The largest absolute Gasteiger partial charge is 0.480 e. The van der Waals surface area contributed by atoms with Gasteiger partial charge < -0.3 is 16.2 Å². The second-order valence-electron chi connectivity index (χ2n) is 14.7. The molecule has 0 saturated carbocycles. The molecule has 2 rings (SSSR count). The van der Waals surface area contributed by atoms with Crippen molar-refractivity contribution in [1.29, 1.82) is 0 Å². The summed E-state index contributed by atoms with van der Waals surface area (Å²) in [6, 6.07) is 10.8. The molecule has 0 aliphatic rings. The molecule has 4 atom stereocenters. The van der Waals surface area contributed by atoms with Crippen LogP contribution in [-0.4, -0.2) is 51.8 Å². The standard InChI is InChI=1S/C42H65N3O5/c1-7-8-9-10-11-12-13-14-15-16-17-18-19-24-34(36-27-22-25-33-23-20-21-26-35(33)36)29-38(46)44-32(6)40(47)45(39(31(4)5)42(49)50)41(48)37(43)28-30(2)3/h14-15,20-23,25-27,30-32,34,37,39H,7-13,16-19,24,28-29,43H2,1-6H3,(H,44,46)(H,49,50)/b15-14-. The maximum atomic E-state index is 13.8. The number of nitrogens with two attached hydrogens (primary N) is 1. The number of carboxylic acids is 1. The van der Waals surface area contributed by atoms with Gasteiger partial charge in [0.15, 0.2) is 0 Å². The number of nitrogens with one attached hydrogen (secondary N) is 1. The first-order valence-corrected chi connectivity index (χ1v) is 19.2. The monoisotopic (exact) mass is 691 g/mol. The number of carboxylic acid groups (broad SMARTS) is 1. The quantitative estimate of drug-likeness (QED) is 0.0745. The lowest BCUT2D eigenvalue weighted by atomic mass is 9.86. The van der Waals surface area contributed by atoms with Crippen molar-refractivity contribution in [3.63, 3.8) is 0 Å². The number of hydrogen-bond donors (Lipinski definition) is 3. The fraction of sp³-hybridized carbons (Fsp3) is 0.619. The molecule has 0 aliphatic heterocycles. The Labute approximate surface area is 301 Å². The highest BCUT2D eigenvalue weighted by Gasteiger charge is 2.41. The Balaban J connectivity index is 2.11. The third-order valence-corrected chi connectivity index (χ3v) is 9.44. The first-order chi connectivity index (χ1) is 23.9. The van der Waals surface area contributed by atoms with Gasteiger partial charge in [-0.1, -0.05) is 134 Å².